The van der Waals surface area contributed by atoms with E-state index in [4.69, 9.17) is 17.3 Å². The first-order chi connectivity index (χ1) is 9.78. The van der Waals surface area contributed by atoms with Crippen LogP contribution in [-0.4, -0.2) is 6.36 Å². The predicted molar refractivity (Wildman–Crippen MR) is 82.6 cm³/mol. The fraction of sp³-hybridized carbons (Fsp3) is 0.200. The summed E-state index contributed by atoms with van der Waals surface area (Å²) in [6.07, 6.45) is -4.71. The van der Waals surface area contributed by atoms with E-state index in [0.29, 0.717) is 10.6 Å². The van der Waals surface area contributed by atoms with Crippen molar-refractivity contribution in [3.8, 4) is 5.75 Å². The Kier molecular flexibility index (Phi) is 6.11. The average Bonchev–Trinajstić information content (AvgIpc) is 2.37. The molecule has 0 heterocycles. The van der Waals surface area contributed by atoms with Gasteiger partial charge in [-0.2, -0.15) is 0 Å². The molecule has 0 saturated carbocycles. The summed E-state index contributed by atoms with van der Waals surface area (Å²) in [4.78, 5) is 0. The molecule has 0 radical (unpaired) electrons. The van der Waals surface area contributed by atoms with E-state index in [1.54, 1.807) is 6.07 Å². The number of rotatable bonds is 3. The highest BCUT2D eigenvalue weighted by Crippen LogP contribution is 2.31. The Bertz CT molecular complexity index is 609. The van der Waals surface area contributed by atoms with Crippen LogP contribution in [0.1, 0.15) is 22.7 Å². The molecule has 0 amide bonds. The van der Waals surface area contributed by atoms with Crippen LogP contribution in [-0.2, 0) is 0 Å². The molecule has 120 valence electrons. The van der Waals surface area contributed by atoms with Crippen LogP contribution < -0.4 is 10.5 Å². The van der Waals surface area contributed by atoms with Gasteiger partial charge in [0.1, 0.15) is 5.75 Å². The molecule has 0 aromatic heterocycles. The van der Waals surface area contributed by atoms with E-state index in [2.05, 4.69) is 4.74 Å². The monoisotopic (exact) mass is 351 g/mol. The molecule has 0 saturated heterocycles. The maximum atomic E-state index is 12.1. The Morgan fingerprint density at radius 1 is 1.09 bits per heavy atom. The quantitative estimate of drug-likeness (QED) is 0.842. The zero-order valence-electron chi connectivity index (χ0n) is 11.5. The number of ether oxygens (including phenoxy) is 1. The van der Waals surface area contributed by atoms with Gasteiger partial charge in [-0.1, -0.05) is 35.9 Å². The molecule has 0 bridgehead atoms. The molecule has 2 aromatic carbocycles. The summed E-state index contributed by atoms with van der Waals surface area (Å²) in [6, 6.07) is 10.4. The van der Waals surface area contributed by atoms with Crippen molar-refractivity contribution in [3.63, 3.8) is 0 Å². The van der Waals surface area contributed by atoms with Gasteiger partial charge in [0.05, 0.1) is 6.04 Å². The van der Waals surface area contributed by atoms with E-state index in [9.17, 15) is 13.2 Å². The molecule has 0 spiro atoms. The minimum Gasteiger partial charge on any atom is -0.406 e. The first-order valence-corrected chi connectivity index (χ1v) is 6.52. The summed E-state index contributed by atoms with van der Waals surface area (Å²) in [6.45, 7) is 1.88. The van der Waals surface area contributed by atoms with Crippen molar-refractivity contribution in [2.75, 3.05) is 0 Å². The normalized spacial score (nSPS) is 12.5. The Hall–Kier alpha value is -1.43. The largest absolute Gasteiger partial charge is 0.573 e. The second-order valence-corrected chi connectivity index (χ2v) is 4.97. The van der Waals surface area contributed by atoms with E-state index in [1.165, 1.54) is 24.3 Å². The topological polar surface area (TPSA) is 35.2 Å². The van der Waals surface area contributed by atoms with Gasteiger partial charge in [0, 0.05) is 5.02 Å². The minimum absolute atomic E-state index is 0. The van der Waals surface area contributed by atoms with Gasteiger partial charge in [0.15, 0.2) is 0 Å². The zero-order valence-corrected chi connectivity index (χ0v) is 13.1. The van der Waals surface area contributed by atoms with E-state index >= 15 is 0 Å². The van der Waals surface area contributed by atoms with Gasteiger partial charge in [-0.15, -0.1) is 25.6 Å². The second-order valence-electron chi connectivity index (χ2n) is 4.56. The molecule has 2 nitrogen and oxygen atoms in total. The summed E-state index contributed by atoms with van der Waals surface area (Å²) < 4.78 is 40.1. The van der Waals surface area contributed by atoms with Crippen molar-refractivity contribution < 1.29 is 17.9 Å². The lowest BCUT2D eigenvalue weighted by Crippen LogP contribution is -2.17. The summed E-state index contributed by atoms with van der Waals surface area (Å²) in [5.41, 5.74) is 8.48. The minimum atomic E-state index is -4.71. The molecule has 22 heavy (non-hydrogen) atoms. The van der Waals surface area contributed by atoms with Gasteiger partial charge in [-0.25, -0.2) is 0 Å². The van der Waals surface area contributed by atoms with Gasteiger partial charge in [-0.05, 0) is 41.8 Å². The van der Waals surface area contributed by atoms with Gasteiger partial charge in [0.25, 0.3) is 0 Å². The highest BCUT2D eigenvalue weighted by atomic mass is 35.5. The number of aryl methyl sites for hydroxylation is 1. The third-order valence-corrected chi connectivity index (χ3v) is 3.38. The average molecular weight is 352 g/mol. The maximum Gasteiger partial charge on any atom is 0.573 e. The summed E-state index contributed by atoms with van der Waals surface area (Å²) in [5, 5.41) is 0.526. The third kappa shape index (κ3) is 4.53. The van der Waals surface area contributed by atoms with Crippen molar-refractivity contribution in [1.82, 2.24) is 0 Å². The number of hydrogen-bond donors (Lipinski definition) is 1. The van der Waals surface area contributed by atoms with Gasteiger partial charge in [-0.3, -0.25) is 0 Å². The van der Waals surface area contributed by atoms with Crippen molar-refractivity contribution >= 4 is 24.0 Å². The zero-order chi connectivity index (χ0) is 15.6. The Balaban J connectivity index is 0.00000242. The van der Waals surface area contributed by atoms with Crippen LogP contribution in [0.15, 0.2) is 42.5 Å². The summed E-state index contributed by atoms with van der Waals surface area (Å²) >= 11 is 6.14. The van der Waals surface area contributed by atoms with Gasteiger partial charge in [0.2, 0.25) is 0 Å². The van der Waals surface area contributed by atoms with Crippen LogP contribution >= 0.6 is 24.0 Å². The molecule has 2 aromatic rings. The molecule has 0 aliphatic rings. The van der Waals surface area contributed by atoms with Crippen LogP contribution in [0.5, 0.6) is 5.75 Å². The third-order valence-electron chi connectivity index (χ3n) is 3.05. The number of benzene rings is 2. The lowest BCUT2D eigenvalue weighted by molar-refractivity contribution is -0.274. The first-order valence-electron chi connectivity index (χ1n) is 6.14. The maximum absolute atomic E-state index is 12.1. The lowest BCUT2D eigenvalue weighted by Gasteiger charge is -2.17. The van der Waals surface area contributed by atoms with Crippen molar-refractivity contribution in [1.29, 1.82) is 0 Å². The molecular weight excluding hydrogens is 338 g/mol. The molecule has 0 fully saturated rings. The SMILES string of the molecule is Cc1cccc(Cl)c1[C@@H](N)c1ccc(OC(F)(F)F)cc1.Cl. The number of hydrogen-bond acceptors (Lipinski definition) is 2. The van der Waals surface area contributed by atoms with Crippen LogP contribution in [0.3, 0.4) is 0 Å². The lowest BCUT2D eigenvalue weighted by atomic mass is 9.96. The van der Waals surface area contributed by atoms with Crippen molar-refractivity contribution in [2.24, 2.45) is 5.73 Å². The highest BCUT2D eigenvalue weighted by molar-refractivity contribution is 6.31. The molecule has 7 heteroatoms. The Morgan fingerprint density at radius 3 is 2.18 bits per heavy atom. The van der Waals surface area contributed by atoms with Crippen molar-refractivity contribution in [2.45, 2.75) is 19.3 Å². The molecule has 2 rings (SSSR count). The number of halogens is 5. The molecule has 0 unspecified atom stereocenters. The molecule has 0 aliphatic carbocycles. The molecule has 0 aliphatic heterocycles. The molecule has 1 atom stereocenters. The Labute approximate surface area is 137 Å². The van der Waals surface area contributed by atoms with Crippen molar-refractivity contribution in [3.05, 3.63) is 64.2 Å². The van der Waals surface area contributed by atoms with Crippen LogP contribution in [0.25, 0.3) is 0 Å². The number of nitrogens with two attached hydrogens (primary N) is 1. The van der Waals surface area contributed by atoms with E-state index in [0.717, 1.165) is 11.1 Å². The highest BCUT2D eigenvalue weighted by Gasteiger charge is 2.31. The predicted octanol–water partition coefficient (Wildman–Crippen LogP) is 5.02. The first kappa shape index (κ1) is 18.6. The molecule has 2 N–H and O–H groups in total. The van der Waals surface area contributed by atoms with E-state index in [1.807, 2.05) is 19.1 Å². The fourth-order valence-electron chi connectivity index (χ4n) is 2.08. The molecular formula is C15H14Cl2F3NO. The van der Waals surface area contributed by atoms with E-state index in [-0.39, 0.29) is 18.2 Å². The van der Waals surface area contributed by atoms with E-state index < -0.39 is 12.4 Å². The van der Waals surface area contributed by atoms with Gasteiger partial charge < -0.3 is 10.5 Å². The number of alkyl halides is 3. The van der Waals surface area contributed by atoms with Crippen LogP contribution in [0.2, 0.25) is 5.02 Å². The van der Waals surface area contributed by atoms with Gasteiger partial charge >= 0.3 is 6.36 Å². The summed E-state index contributed by atoms with van der Waals surface area (Å²) in [5.74, 6) is -0.283. The second kappa shape index (κ2) is 7.22. The smallest absolute Gasteiger partial charge is 0.406 e. The fourth-order valence-corrected chi connectivity index (χ4v) is 2.42. The standard InChI is InChI=1S/C15H13ClF3NO.ClH/c1-9-3-2-4-12(16)13(9)14(20)10-5-7-11(8-6-10)21-15(17,18)19;/h2-8,14H,20H2,1H3;1H/t14-;/m0./s1. The summed E-state index contributed by atoms with van der Waals surface area (Å²) in [7, 11) is 0. The Morgan fingerprint density at radius 2 is 1.68 bits per heavy atom. The van der Waals surface area contributed by atoms with Crippen LogP contribution in [0, 0.1) is 6.92 Å². The van der Waals surface area contributed by atoms with Crippen LogP contribution in [0.4, 0.5) is 13.2 Å².